The van der Waals surface area contributed by atoms with Crippen molar-refractivity contribution in [3.8, 4) is 11.5 Å². The van der Waals surface area contributed by atoms with Crippen LogP contribution in [0.1, 0.15) is 12.0 Å². The molecule has 3 aliphatic rings. The smallest absolute Gasteiger partial charge is 0.228 e. The minimum Gasteiger partial charge on any atom is -0.486 e. The van der Waals surface area contributed by atoms with E-state index in [-0.39, 0.29) is 24.2 Å². The van der Waals surface area contributed by atoms with Crippen LogP contribution in [0.4, 0.5) is 5.69 Å². The van der Waals surface area contributed by atoms with Crippen molar-refractivity contribution in [3.63, 3.8) is 0 Å². The SMILES string of the molecule is O=C([C@H]1CC(=O)N(c2ccc3c(c2)OCCO3)C1)N1CCN(Cc2ccncc2)CC1. The molecule has 0 unspecified atom stereocenters. The van der Waals surface area contributed by atoms with Gasteiger partial charge in [-0.15, -0.1) is 0 Å². The van der Waals surface area contributed by atoms with Crippen LogP contribution in [0.3, 0.4) is 0 Å². The number of carbonyl (C=O) groups is 2. The summed E-state index contributed by atoms with van der Waals surface area (Å²) in [6, 6.07) is 9.56. The highest BCUT2D eigenvalue weighted by molar-refractivity contribution is 6.00. The van der Waals surface area contributed by atoms with E-state index >= 15 is 0 Å². The minimum atomic E-state index is -0.299. The number of fused-ring (bicyclic) bond motifs is 1. The Labute approximate surface area is 181 Å². The van der Waals surface area contributed by atoms with Crippen LogP contribution in [0, 0.1) is 5.92 Å². The van der Waals surface area contributed by atoms with Gasteiger partial charge in [0.1, 0.15) is 13.2 Å². The zero-order valence-electron chi connectivity index (χ0n) is 17.4. The summed E-state index contributed by atoms with van der Waals surface area (Å²) in [7, 11) is 0. The highest BCUT2D eigenvalue weighted by Crippen LogP contribution is 2.36. The largest absolute Gasteiger partial charge is 0.486 e. The second-order valence-corrected chi connectivity index (χ2v) is 8.19. The van der Waals surface area contributed by atoms with E-state index in [4.69, 9.17) is 9.47 Å². The standard InChI is InChI=1S/C23H26N4O4/c28-22-13-18(16-27(22)19-1-2-20-21(14-19)31-12-11-30-20)23(29)26-9-7-25(8-10-26)15-17-3-5-24-6-4-17/h1-6,14,18H,7-13,15-16H2/t18-/m0/s1. The second kappa shape index (κ2) is 8.55. The number of benzene rings is 1. The molecule has 2 aromatic rings. The maximum Gasteiger partial charge on any atom is 0.228 e. The van der Waals surface area contributed by atoms with Crippen molar-refractivity contribution in [1.82, 2.24) is 14.8 Å². The van der Waals surface area contributed by atoms with Crippen LogP contribution in [0.2, 0.25) is 0 Å². The van der Waals surface area contributed by atoms with Gasteiger partial charge in [-0.3, -0.25) is 19.5 Å². The molecule has 8 nitrogen and oxygen atoms in total. The molecular formula is C23H26N4O4. The summed E-state index contributed by atoms with van der Waals surface area (Å²) in [6.07, 6.45) is 3.86. The molecule has 0 bridgehead atoms. The Morgan fingerprint density at radius 3 is 2.52 bits per heavy atom. The quantitative estimate of drug-likeness (QED) is 0.744. The summed E-state index contributed by atoms with van der Waals surface area (Å²) in [4.78, 5) is 35.8. The average molecular weight is 422 g/mol. The van der Waals surface area contributed by atoms with Crippen molar-refractivity contribution in [3.05, 3.63) is 48.3 Å². The minimum absolute atomic E-state index is 0.0219. The molecular weight excluding hydrogens is 396 g/mol. The molecule has 0 spiro atoms. The Morgan fingerprint density at radius 1 is 1.00 bits per heavy atom. The van der Waals surface area contributed by atoms with Gasteiger partial charge in [-0.25, -0.2) is 0 Å². The number of aromatic nitrogens is 1. The van der Waals surface area contributed by atoms with E-state index in [2.05, 4.69) is 9.88 Å². The van der Waals surface area contributed by atoms with Crippen LogP contribution in [0.5, 0.6) is 11.5 Å². The summed E-state index contributed by atoms with van der Waals surface area (Å²) in [5, 5.41) is 0. The van der Waals surface area contributed by atoms with E-state index in [1.807, 2.05) is 35.2 Å². The van der Waals surface area contributed by atoms with E-state index in [0.717, 1.165) is 25.3 Å². The predicted molar refractivity (Wildman–Crippen MR) is 114 cm³/mol. The van der Waals surface area contributed by atoms with Crippen LogP contribution in [0.15, 0.2) is 42.7 Å². The number of amides is 2. The zero-order valence-corrected chi connectivity index (χ0v) is 17.4. The highest BCUT2D eigenvalue weighted by atomic mass is 16.6. The van der Waals surface area contributed by atoms with Crippen molar-refractivity contribution in [1.29, 1.82) is 0 Å². The normalized spacial score (nSPS) is 21.4. The molecule has 0 aliphatic carbocycles. The van der Waals surface area contributed by atoms with Crippen LogP contribution >= 0.6 is 0 Å². The summed E-state index contributed by atoms with van der Waals surface area (Å²) in [6.45, 7) is 5.36. The number of anilines is 1. The van der Waals surface area contributed by atoms with E-state index in [1.165, 1.54) is 5.56 Å². The number of nitrogens with zero attached hydrogens (tertiary/aromatic N) is 4. The number of piperazine rings is 1. The van der Waals surface area contributed by atoms with Gasteiger partial charge < -0.3 is 19.3 Å². The fourth-order valence-corrected chi connectivity index (χ4v) is 4.45. The molecule has 0 saturated carbocycles. The topological polar surface area (TPSA) is 75.2 Å². The third kappa shape index (κ3) is 4.20. The molecule has 2 saturated heterocycles. The lowest BCUT2D eigenvalue weighted by atomic mass is 10.1. The summed E-state index contributed by atoms with van der Waals surface area (Å²) >= 11 is 0. The molecule has 1 aromatic carbocycles. The van der Waals surface area contributed by atoms with E-state index in [9.17, 15) is 9.59 Å². The Morgan fingerprint density at radius 2 is 1.74 bits per heavy atom. The molecule has 1 atom stereocenters. The first-order chi connectivity index (χ1) is 15.2. The lowest BCUT2D eigenvalue weighted by Gasteiger charge is -2.35. The van der Waals surface area contributed by atoms with Gasteiger partial charge in [-0.1, -0.05) is 0 Å². The summed E-state index contributed by atoms with van der Waals surface area (Å²) in [5.74, 6) is 1.10. The fraction of sp³-hybridized carbons (Fsp3) is 0.435. The maximum absolute atomic E-state index is 13.1. The third-order valence-electron chi connectivity index (χ3n) is 6.15. The van der Waals surface area contributed by atoms with Crippen molar-refractivity contribution in [2.75, 3.05) is 50.8 Å². The van der Waals surface area contributed by atoms with E-state index in [0.29, 0.717) is 44.3 Å². The number of carbonyl (C=O) groups excluding carboxylic acids is 2. The van der Waals surface area contributed by atoms with Gasteiger partial charge >= 0.3 is 0 Å². The van der Waals surface area contributed by atoms with Crippen LogP contribution in [-0.4, -0.2) is 72.5 Å². The van der Waals surface area contributed by atoms with Crippen molar-refractivity contribution in [2.45, 2.75) is 13.0 Å². The van der Waals surface area contributed by atoms with Gasteiger partial charge in [0.25, 0.3) is 0 Å². The van der Waals surface area contributed by atoms with Crippen LogP contribution < -0.4 is 14.4 Å². The molecule has 31 heavy (non-hydrogen) atoms. The molecule has 162 valence electrons. The van der Waals surface area contributed by atoms with E-state index < -0.39 is 0 Å². The first kappa shape index (κ1) is 19.8. The molecule has 2 amide bonds. The number of rotatable bonds is 4. The Bertz CT molecular complexity index is 959. The van der Waals surface area contributed by atoms with E-state index in [1.54, 1.807) is 17.3 Å². The van der Waals surface area contributed by atoms with Crippen molar-refractivity contribution >= 4 is 17.5 Å². The monoisotopic (exact) mass is 422 g/mol. The molecule has 8 heteroatoms. The van der Waals surface area contributed by atoms with Crippen LogP contribution in [0.25, 0.3) is 0 Å². The first-order valence-electron chi connectivity index (χ1n) is 10.8. The number of hydrogen-bond donors (Lipinski definition) is 0. The van der Waals surface area contributed by atoms with Crippen molar-refractivity contribution in [2.24, 2.45) is 5.92 Å². The van der Waals surface area contributed by atoms with Gasteiger partial charge in [-0.2, -0.15) is 0 Å². The Kier molecular flexibility index (Phi) is 5.46. The van der Waals surface area contributed by atoms with Gasteiger partial charge in [0, 0.05) is 69.8 Å². The molecule has 4 heterocycles. The number of ether oxygens (including phenoxy) is 2. The summed E-state index contributed by atoms with van der Waals surface area (Å²) < 4.78 is 11.2. The molecule has 2 fully saturated rings. The number of pyridine rings is 1. The third-order valence-corrected chi connectivity index (χ3v) is 6.15. The average Bonchev–Trinajstić information content (AvgIpc) is 3.21. The molecule has 0 N–H and O–H groups in total. The molecule has 0 radical (unpaired) electrons. The molecule has 3 aliphatic heterocycles. The van der Waals surface area contributed by atoms with Gasteiger partial charge in [0.15, 0.2) is 11.5 Å². The van der Waals surface area contributed by atoms with Gasteiger partial charge in [0.2, 0.25) is 11.8 Å². The molecule has 5 rings (SSSR count). The summed E-state index contributed by atoms with van der Waals surface area (Å²) in [5.41, 5.74) is 1.98. The maximum atomic E-state index is 13.1. The van der Waals surface area contributed by atoms with Gasteiger partial charge in [-0.05, 0) is 29.8 Å². The Balaban J connectivity index is 1.18. The fourth-order valence-electron chi connectivity index (χ4n) is 4.45. The first-order valence-corrected chi connectivity index (χ1v) is 10.8. The predicted octanol–water partition coefficient (Wildman–Crippen LogP) is 1.55. The highest BCUT2D eigenvalue weighted by Gasteiger charge is 2.38. The lowest BCUT2D eigenvalue weighted by Crippen LogP contribution is -2.50. The van der Waals surface area contributed by atoms with Gasteiger partial charge in [0.05, 0.1) is 5.92 Å². The Hall–Kier alpha value is -3.13. The van der Waals surface area contributed by atoms with Crippen molar-refractivity contribution < 1.29 is 19.1 Å². The lowest BCUT2D eigenvalue weighted by molar-refractivity contribution is -0.137. The molecule has 1 aromatic heterocycles. The zero-order chi connectivity index (χ0) is 21.2. The second-order valence-electron chi connectivity index (χ2n) is 8.19. The number of hydrogen-bond acceptors (Lipinski definition) is 6. The van der Waals surface area contributed by atoms with Crippen LogP contribution in [-0.2, 0) is 16.1 Å².